The van der Waals surface area contributed by atoms with Crippen molar-refractivity contribution in [3.05, 3.63) is 11.7 Å². The van der Waals surface area contributed by atoms with E-state index < -0.39 is 0 Å². The number of aromatic nitrogens is 2. The van der Waals surface area contributed by atoms with E-state index in [9.17, 15) is 0 Å². The fraction of sp³-hybridized carbons (Fsp3) is 0.778. The summed E-state index contributed by atoms with van der Waals surface area (Å²) in [6, 6.07) is 0.0397. The molecular formula is C9H15N3O3. The van der Waals surface area contributed by atoms with Crippen LogP contribution in [0, 0.1) is 0 Å². The fourth-order valence-electron chi connectivity index (χ4n) is 1.39. The van der Waals surface area contributed by atoms with Crippen molar-refractivity contribution >= 4 is 0 Å². The zero-order valence-corrected chi connectivity index (χ0v) is 8.73. The van der Waals surface area contributed by atoms with Crippen molar-refractivity contribution < 1.29 is 14.0 Å². The first kappa shape index (κ1) is 10.5. The lowest BCUT2D eigenvalue weighted by atomic mass is 10.2. The highest BCUT2D eigenvalue weighted by Gasteiger charge is 2.20. The highest BCUT2D eigenvalue weighted by Crippen LogP contribution is 2.12. The maximum Gasteiger partial charge on any atom is 0.252 e. The second-order valence-electron chi connectivity index (χ2n) is 3.27. The van der Waals surface area contributed by atoms with E-state index in [-0.39, 0.29) is 6.04 Å². The lowest BCUT2D eigenvalue weighted by Gasteiger charge is -2.20. The lowest BCUT2D eigenvalue weighted by molar-refractivity contribution is 0.0734. The second kappa shape index (κ2) is 5.20. The SMILES string of the molecule is CCOCc1nc(C2COCCN2)no1. The normalized spacial score (nSPS) is 21.8. The van der Waals surface area contributed by atoms with E-state index in [0.717, 1.165) is 13.2 Å². The minimum Gasteiger partial charge on any atom is -0.378 e. The third kappa shape index (κ3) is 2.74. The van der Waals surface area contributed by atoms with Gasteiger partial charge in [-0.05, 0) is 6.92 Å². The second-order valence-corrected chi connectivity index (χ2v) is 3.27. The van der Waals surface area contributed by atoms with Crippen molar-refractivity contribution in [3.8, 4) is 0 Å². The molecule has 1 N–H and O–H groups in total. The van der Waals surface area contributed by atoms with Crippen LogP contribution in [-0.4, -0.2) is 36.5 Å². The zero-order valence-electron chi connectivity index (χ0n) is 8.73. The molecule has 1 aliphatic heterocycles. The Kier molecular flexibility index (Phi) is 3.65. The van der Waals surface area contributed by atoms with Gasteiger partial charge in [-0.15, -0.1) is 0 Å². The summed E-state index contributed by atoms with van der Waals surface area (Å²) in [5, 5.41) is 7.14. The molecule has 0 amide bonds. The first-order chi connectivity index (χ1) is 7.40. The smallest absolute Gasteiger partial charge is 0.252 e. The van der Waals surface area contributed by atoms with Crippen LogP contribution in [0.1, 0.15) is 24.7 Å². The van der Waals surface area contributed by atoms with Crippen LogP contribution in [0.15, 0.2) is 4.52 Å². The molecule has 1 fully saturated rings. The molecule has 0 spiro atoms. The van der Waals surface area contributed by atoms with E-state index in [1.807, 2.05) is 6.92 Å². The zero-order chi connectivity index (χ0) is 10.5. The molecule has 2 heterocycles. The van der Waals surface area contributed by atoms with Crippen LogP contribution >= 0.6 is 0 Å². The van der Waals surface area contributed by atoms with Gasteiger partial charge in [0.05, 0.1) is 19.3 Å². The number of morpholine rings is 1. The quantitative estimate of drug-likeness (QED) is 0.774. The Morgan fingerprint density at radius 2 is 2.53 bits per heavy atom. The molecule has 1 aromatic rings. The summed E-state index contributed by atoms with van der Waals surface area (Å²) in [5.41, 5.74) is 0. The van der Waals surface area contributed by atoms with Crippen molar-refractivity contribution in [1.82, 2.24) is 15.5 Å². The molecule has 0 bridgehead atoms. The van der Waals surface area contributed by atoms with E-state index >= 15 is 0 Å². The van der Waals surface area contributed by atoms with E-state index in [1.54, 1.807) is 0 Å². The van der Waals surface area contributed by atoms with Crippen molar-refractivity contribution in [3.63, 3.8) is 0 Å². The summed E-state index contributed by atoms with van der Waals surface area (Å²) in [6.45, 7) is 5.08. The monoisotopic (exact) mass is 213 g/mol. The third-order valence-electron chi connectivity index (χ3n) is 2.15. The molecular weight excluding hydrogens is 198 g/mol. The molecule has 1 aromatic heterocycles. The Morgan fingerprint density at radius 3 is 3.27 bits per heavy atom. The van der Waals surface area contributed by atoms with Gasteiger partial charge in [-0.2, -0.15) is 4.98 Å². The van der Waals surface area contributed by atoms with Crippen LogP contribution in [-0.2, 0) is 16.1 Å². The van der Waals surface area contributed by atoms with Crippen molar-refractivity contribution in [2.45, 2.75) is 19.6 Å². The number of hydrogen-bond donors (Lipinski definition) is 1. The molecule has 6 nitrogen and oxygen atoms in total. The minimum absolute atomic E-state index is 0.0397. The molecule has 6 heteroatoms. The van der Waals surface area contributed by atoms with Gasteiger partial charge in [0.2, 0.25) is 0 Å². The largest absolute Gasteiger partial charge is 0.378 e. The number of hydrogen-bond acceptors (Lipinski definition) is 6. The van der Waals surface area contributed by atoms with Gasteiger partial charge >= 0.3 is 0 Å². The standard InChI is InChI=1S/C9H15N3O3/c1-2-13-6-8-11-9(12-15-8)7-5-14-4-3-10-7/h7,10H,2-6H2,1H3. The molecule has 15 heavy (non-hydrogen) atoms. The van der Waals surface area contributed by atoms with Gasteiger partial charge in [-0.25, -0.2) is 0 Å². The van der Waals surface area contributed by atoms with Crippen molar-refractivity contribution in [2.24, 2.45) is 0 Å². The van der Waals surface area contributed by atoms with Crippen LogP contribution in [0.4, 0.5) is 0 Å². The predicted octanol–water partition coefficient (Wildman–Crippen LogP) is 0.267. The van der Waals surface area contributed by atoms with Crippen molar-refractivity contribution in [1.29, 1.82) is 0 Å². The lowest BCUT2D eigenvalue weighted by Crippen LogP contribution is -2.35. The van der Waals surface area contributed by atoms with E-state index in [1.165, 1.54) is 0 Å². The summed E-state index contributed by atoms with van der Waals surface area (Å²) < 4.78 is 15.5. The van der Waals surface area contributed by atoms with Crippen LogP contribution in [0.25, 0.3) is 0 Å². The molecule has 0 radical (unpaired) electrons. The summed E-state index contributed by atoms with van der Waals surface area (Å²) in [4.78, 5) is 4.23. The first-order valence-electron chi connectivity index (χ1n) is 5.11. The van der Waals surface area contributed by atoms with Gasteiger partial charge in [0.25, 0.3) is 5.89 Å². The Hall–Kier alpha value is -0.980. The van der Waals surface area contributed by atoms with Gasteiger partial charge in [0, 0.05) is 13.2 Å². The van der Waals surface area contributed by atoms with Gasteiger partial charge in [-0.3, -0.25) is 0 Å². The molecule has 1 aliphatic rings. The molecule has 2 rings (SSSR count). The fourth-order valence-corrected chi connectivity index (χ4v) is 1.39. The van der Waals surface area contributed by atoms with Crippen LogP contribution in [0.2, 0.25) is 0 Å². The molecule has 0 aromatic carbocycles. The predicted molar refractivity (Wildman–Crippen MR) is 51.2 cm³/mol. The summed E-state index contributed by atoms with van der Waals surface area (Å²) >= 11 is 0. The maximum absolute atomic E-state index is 5.31. The highest BCUT2D eigenvalue weighted by atomic mass is 16.5. The highest BCUT2D eigenvalue weighted by molar-refractivity contribution is 4.94. The van der Waals surface area contributed by atoms with Crippen LogP contribution < -0.4 is 5.32 Å². The molecule has 1 unspecified atom stereocenters. The summed E-state index contributed by atoms with van der Waals surface area (Å²) in [6.07, 6.45) is 0. The summed E-state index contributed by atoms with van der Waals surface area (Å²) in [7, 11) is 0. The van der Waals surface area contributed by atoms with Gasteiger partial charge < -0.3 is 19.3 Å². The topological polar surface area (TPSA) is 69.4 Å². The van der Waals surface area contributed by atoms with E-state index in [4.69, 9.17) is 14.0 Å². The van der Waals surface area contributed by atoms with Gasteiger partial charge in [0.1, 0.15) is 6.61 Å². The van der Waals surface area contributed by atoms with Crippen LogP contribution in [0.5, 0.6) is 0 Å². The summed E-state index contributed by atoms with van der Waals surface area (Å²) in [5.74, 6) is 1.16. The Bertz CT molecular complexity index is 297. The molecule has 0 aliphatic carbocycles. The molecule has 1 atom stereocenters. The molecule has 0 saturated carbocycles. The van der Waals surface area contributed by atoms with Crippen LogP contribution in [0.3, 0.4) is 0 Å². The number of nitrogens with one attached hydrogen (secondary N) is 1. The average molecular weight is 213 g/mol. The van der Waals surface area contributed by atoms with Gasteiger partial charge in [-0.1, -0.05) is 5.16 Å². The number of ether oxygens (including phenoxy) is 2. The third-order valence-corrected chi connectivity index (χ3v) is 2.15. The Morgan fingerprint density at radius 1 is 1.60 bits per heavy atom. The first-order valence-corrected chi connectivity index (χ1v) is 5.11. The number of rotatable bonds is 4. The Balaban J connectivity index is 1.93. The van der Waals surface area contributed by atoms with Crippen molar-refractivity contribution in [2.75, 3.05) is 26.4 Å². The average Bonchev–Trinajstić information content (AvgIpc) is 2.76. The van der Waals surface area contributed by atoms with Gasteiger partial charge in [0.15, 0.2) is 5.82 Å². The maximum atomic E-state index is 5.31. The molecule has 1 saturated heterocycles. The Labute approximate surface area is 87.9 Å². The minimum atomic E-state index is 0.0397. The van der Waals surface area contributed by atoms with E-state index in [2.05, 4.69) is 15.5 Å². The molecule has 84 valence electrons. The number of nitrogens with zero attached hydrogens (tertiary/aromatic N) is 2. The van der Waals surface area contributed by atoms with E-state index in [0.29, 0.717) is 31.5 Å².